The van der Waals surface area contributed by atoms with E-state index in [9.17, 15) is 4.39 Å². The molecule has 130 valence electrons. The van der Waals surface area contributed by atoms with Crippen LogP contribution in [0.3, 0.4) is 0 Å². The second-order valence-electron chi connectivity index (χ2n) is 6.42. The summed E-state index contributed by atoms with van der Waals surface area (Å²) in [5.74, 6) is 0.346. The van der Waals surface area contributed by atoms with E-state index in [4.69, 9.17) is 0 Å². The largest absolute Gasteiger partial charge is 0.367 e. The van der Waals surface area contributed by atoms with E-state index in [1.165, 1.54) is 12.0 Å². The van der Waals surface area contributed by atoms with Gasteiger partial charge in [0.15, 0.2) is 11.6 Å². The summed E-state index contributed by atoms with van der Waals surface area (Å²) in [6.07, 6.45) is 6.06. The van der Waals surface area contributed by atoms with Gasteiger partial charge in [0.1, 0.15) is 6.33 Å². The molecule has 0 unspecified atom stereocenters. The first-order valence-electron chi connectivity index (χ1n) is 8.53. The van der Waals surface area contributed by atoms with Crippen LogP contribution in [0.1, 0.15) is 37.2 Å². The molecular weight excluding hydrogens is 307 g/mol. The Labute approximate surface area is 142 Å². The van der Waals surface area contributed by atoms with Gasteiger partial charge in [0.2, 0.25) is 0 Å². The Morgan fingerprint density at radius 1 is 1.33 bits per heavy atom. The summed E-state index contributed by atoms with van der Waals surface area (Å²) in [7, 11) is 4.12. The predicted molar refractivity (Wildman–Crippen MR) is 91.2 cm³/mol. The fourth-order valence-corrected chi connectivity index (χ4v) is 3.62. The summed E-state index contributed by atoms with van der Waals surface area (Å²) >= 11 is 0. The Balaban J connectivity index is 1.76. The van der Waals surface area contributed by atoms with Gasteiger partial charge < -0.3 is 5.32 Å². The molecule has 6 nitrogen and oxygen atoms in total. The molecule has 0 bridgehead atoms. The van der Waals surface area contributed by atoms with E-state index < -0.39 is 0 Å². The number of halogens is 1. The summed E-state index contributed by atoms with van der Waals surface area (Å²) in [6.45, 7) is 3.63. The molecule has 0 spiro atoms. The van der Waals surface area contributed by atoms with E-state index >= 15 is 0 Å². The zero-order valence-electron chi connectivity index (χ0n) is 14.5. The first kappa shape index (κ1) is 16.8. The van der Waals surface area contributed by atoms with E-state index in [0.717, 1.165) is 19.4 Å². The number of piperidine rings is 1. The molecule has 1 aliphatic rings. The van der Waals surface area contributed by atoms with Crippen LogP contribution in [-0.2, 0) is 13.5 Å². The van der Waals surface area contributed by atoms with Gasteiger partial charge >= 0.3 is 0 Å². The molecule has 3 rings (SSSR count). The Morgan fingerprint density at radius 2 is 2.17 bits per heavy atom. The number of aryl methyl sites for hydroxylation is 2. The molecule has 1 fully saturated rings. The van der Waals surface area contributed by atoms with Crippen molar-refractivity contribution in [2.75, 3.05) is 25.5 Å². The number of nitrogens with zero attached hydrogens (tertiary/aromatic N) is 5. The Hall–Kier alpha value is -2.02. The second kappa shape index (κ2) is 7.25. The van der Waals surface area contributed by atoms with Crippen LogP contribution in [0.15, 0.2) is 18.6 Å². The lowest BCUT2D eigenvalue weighted by atomic mass is 9.87. The fraction of sp³-hybridized carbons (Fsp3) is 0.588. The van der Waals surface area contributed by atoms with Crippen LogP contribution in [0.4, 0.5) is 10.2 Å². The predicted octanol–water partition coefficient (Wildman–Crippen LogP) is 2.41. The monoisotopic (exact) mass is 332 g/mol. The van der Waals surface area contributed by atoms with Gasteiger partial charge in [-0.1, -0.05) is 6.92 Å². The molecule has 0 radical (unpaired) electrons. The molecule has 0 amide bonds. The second-order valence-corrected chi connectivity index (χ2v) is 6.42. The summed E-state index contributed by atoms with van der Waals surface area (Å²) < 4.78 is 16.3. The molecule has 1 N–H and O–H groups in total. The van der Waals surface area contributed by atoms with E-state index in [1.54, 1.807) is 0 Å². The van der Waals surface area contributed by atoms with E-state index in [-0.39, 0.29) is 11.9 Å². The number of hydrogen-bond donors (Lipinski definition) is 1. The molecule has 2 atom stereocenters. The molecule has 0 aliphatic carbocycles. The van der Waals surface area contributed by atoms with Gasteiger partial charge in [-0.05, 0) is 44.8 Å². The van der Waals surface area contributed by atoms with Crippen molar-refractivity contribution in [1.29, 1.82) is 0 Å². The minimum atomic E-state index is -0.332. The molecule has 3 heterocycles. The Bertz CT molecular complexity index is 685. The zero-order chi connectivity index (χ0) is 17.1. The molecule has 2 aromatic heterocycles. The van der Waals surface area contributed by atoms with E-state index in [2.05, 4.69) is 38.4 Å². The van der Waals surface area contributed by atoms with Crippen molar-refractivity contribution in [2.24, 2.45) is 13.0 Å². The van der Waals surface area contributed by atoms with Gasteiger partial charge in [0, 0.05) is 19.8 Å². The summed E-state index contributed by atoms with van der Waals surface area (Å²) in [6, 6.07) is 2.34. The lowest BCUT2D eigenvalue weighted by Gasteiger charge is -2.39. The highest BCUT2D eigenvalue weighted by Crippen LogP contribution is 2.34. The number of anilines is 1. The highest BCUT2D eigenvalue weighted by atomic mass is 19.1. The van der Waals surface area contributed by atoms with Crippen molar-refractivity contribution in [3.8, 4) is 0 Å². The van der Waals surface area contributed by atoms with Crippen LogP contribution in [0, 0.1) is 11.7 Å². The Kier molecular flexibility index (Phi) is 5.08. The normalized spacial score (nSPS) is 21.8. The number of rotatable bonds is 5. The maximum absolute atomic E-state index is 14.3. The van der Waals surface area contributed by atoms with Crippen molar-refractivity contribution in [2.45, 2.75) is 32.2 Å². The lowest BCUT2D eigenvalue weighted by molar-refractivity contribution is 0.121. The smallest absolute Gasteiger partial charge is 0.186 e. The molecule has 7 heteroatoms. The molecule has 0 saturated carbocycles. The van der Waals surface area contributed by atoms with Gasteiger partial charge in [-0.15, -0.1) is 0 Å². The quantitative estimate of drug-likeness (QED) is 0.911. The zero-order valence-corrected chi connectivity index (χ0v) is 14.5. The molecule has 24 heavy (non-hydrogen) atoms. The van der Waals surface area contributed by atoms with Gasteiger partial charge in [0.05, 0.1) is 17.4 Å². The van der Waals surface area contributed by atoms with Crippen LogP contribution in [0.25, 0.3) is 0 Å². The molecule has 0 aromatic carbocycles. The maximum atomic E-state index is 14.3. The number of likely N-dealkylation sites (tertiary alicyclic amines) is 1. The van der Waals surface area contributed by atoms with Crippen molar-refractivity contribution in [3.05, 3.63) is 35.8 Å². The molecular formula is C17H25FN6. The van der Waals surface area contributed by atoms with Crippen molar-refractivity contribution >= 4 is 5.82 Å². The van der Waals surface area contributed by atoms with E-state index in [0.29, 0.717) is 30.4 Å². The first-order valence-corrected chi connectivity index (χ1v) is 8.53. The Morgan fingerprint density at radius 3 is 2.88 bits per heavy atom. The average Bonchev–Trinajstić information content (AvgIpc) is 2.99. The topological polar surface area (TPSA) is 58.9 Å². The maximum Gasteiger partial charge on any atom is 0.186 e. The first-order chi connectivity index (χ1) is 11.6. The van der Waals surface area contributed by atoms with Crippen LogP contribution >= 0.6 is 0 Å². The van der Waals surface area contributed by atoms with Gasteiger partial charge in [0.25, 0.3) is 0 Å². The fourth-order valence-electron chi connectivity index (χ4n) is 3.62. The molecule has 1 aliphatic heterocycles. The van der Waals surface area contributed by atoms with Crippen LogP contribution < -0.4 is 5.32 Å². The lowest BCUT2D eigenvalue weighted by Crippen LogP contribution is -2.40. The summed E-state index contributed by atoms with van der Waals surface area (Å²) in [5.41, 5.74) is 1.65. The minimum Gasteiger partial charge on any atom is -0.367 e. The third kappa shape index (κ3) is 3.26. The third-order valence-corrected chi connectivity index (χ3v) is 4.90. The molecule has 2 aromatic rings. The van der Waals surface area contributed by atoms with Crippen LogP contribution in [-0.4, -0.2) is 44.8 Å². The SMILES string of the molecule is CCc1ncnc(NC[C@@H]2CCCN(C)[C@H]2c2ccnn2C)c1F. The average molecular weight is 332 g/mol. The standard InChI is InChI=1S/C17H25FN6/c1-4-13-15(18)17(21-11-20-13)19-10-12-6-5-9-23(2)16(12)14-7-8-22-24(14)3/h7-8,11-12,16H,4-6,9-10H2,1-3H3,(H,19,20,21)/t12-,16+/m0/s1. The minimum absolute atomic E-state index is 0.272. The van der Waals surface area contributed by atoms with Crippen molar-refractivity contribution in [3.63, 3.8) is 0 Å². The number of hydrogen-bond acceptors (Lipinski definition) is 5. The highest BCUT2D eigenvalue weighted by Gasteiger charge is 2.32. The summed E-state index contributed by atoms with van der Waals surface area (Å²) in [5, 5.41) is 7.51. The van der Waals surface area contributed by atoms with E-state index in [1.807, 2.05) is 24.9 Å². The number of nitrogens with one attached hydrogen (secondary N) is 1. The number of aromatic nitrogens is 4. The molecule has 1 saturated heterocycles. The van der Waals surface area contributed by atoms with Crippen LogP contribution in [0.5, 0.6) is 0 Å². The summed E-state index contributed by atoms with van der Waals surface area (Å²) in [4.78, 5) is 10.4. The van der Waals surface area contributed by atoms with Crippen molar-refractivity contribution in [1.82, 2.24) is 24.6 Å². The van der Waals surface area contributed by atoms with Gasteiger partial charge in [-0.3, -0.25) is 9.58 Å². The van der Waals surface area contributed by atoms with Crippen LogP contribution in [0.2, 0.25) is 0 Å². The van der Waals surface area contributed by atoms with Gasteiger partial charge in [-0.25, -0.2) is 14.4 Å². The third-order valence-electron chi connectivity index (χ3n) is 4.90. The highest BCUT2D eigenvalue weighted by molar-refractivity contribution is 5.37. The van der Waals surface area contributed by atoms with Gasteiger partial charge in [-0.2, -0.15) is 5.10 Å². The van der Waals surface area contributed by atoms with Crippen molar-refractivity contribution < 1.29 is 4.39 Å².